The Kier molecular flexibility index (Phi) is 3.00. The number of nitrogens with zero attached hydrogens (tertiary/aromatic N) is 3. The lowest BCUT2D eigenvalue weighted by Crippen LogP contribution is -2.15. The Labute approximate surface area is 113 Å². The molecule has 0 radical (unpaired) electrons. The Morgan fingerprint density at radius 3 is 3.10 bits per heavy atom. The molecule has 2 heterocycles. The average molecular weight is 268 g/mol. The van der Waals surface area contributed by atoms with Gasteiger partial charge in [0.25, 0.3) is 0 Å². The van der Waals surface area contributed by atoms with Gasteiger partial charge in [-0.15, -0.1) is 0 Å². The second-order valence-corrected chi connectivity index (χ2v) is 4.23. The third-order valence-corrected chi connectivity index (χ3v) is 2.87. The number of rotatable bonds is 3. The van der Waals surface area contributed by atoms with Crippen LogP contribution in [-0.2, 0) is 0 Å². The monoisotopic (exact) mass is 268 g/mol. The number of fused-ring (bicyclic) bond motifs is 1. The predicted molar refractivity (Wildman–Crippen MR) is 76.9 cm³/mol. The molecule has 1 aromatic carbocycles. The van der Waals surface area contributed by atoms with Crippen LogP contribution in [0.15, 0.2) is 40.4 Å². The van der Waals surface area contributed by atoms with E-state index in [2.05, 4.69) is 30.7 Å². The fraction of sp³-hybridized carbons (Fsp3) is 0.0769. The molecule has 0 amide bonds. The lowest BCUT2D eigenvalue weighted by Gasteiger charge is -2.00. The number of aryl methyl sites for hydroxylation is 1. The minimum atomic E-state index is -0.514. The molecule has 0 aliphatic rings. The highest BCUT2D eigenvalue weighted by Crippen LogP contribution is 2.15. The SMILES string of the molecule is Cc1n[nH]c(=O)nc1N/N=C/c1c[nH]c2ccccc12. The van der Waals surface area contributed by atoms with Gasteiger partial charge >= 0.3 is 5.69 Å². The maximum Gasteiger partial charge on any atom is 0.363 e. The molecule has 3 aromatic rings. The third-order valence-electron chi connectivity index (χ3n) is 2.87. The summed E-state index contributed by atoms with van der Waals surface area (Å²) in [6, 6.07) is 7.93. The highest BCUT2D eigenvalue weighted by molar-refractivity contribution is 5.99. The fourth-order valence-electron chi connectivity index (χ4n) is 1.86. The van der Waals surface area contributed by atoms with Gasteiger partial charge in [-0.05, 0) is 13.0 Å². The van der Waals surface area contributed by atoms with Crippen LogP contribution in [-0.4, -0.2) is 26.4 Å². The van der Waals surface area contributed by atoms with E-state index in [9.17, 15) is 4.79 Å². The highest BCUT2D eigenvalue weighted by Gasteiger charge is 2.02. The van der Waals surface area contributed by atoms with Gasteiger partial charge in [-0.1, -0.05) is 18.2 Å². The van der Waals surface area contributed by atoms with Crippen LogP contribution in [0, 0.1) is 6.92 Å². The van der Waals surface area contributed by atoms with Crippen molar-refractivity contribution in [1.82, 2.24) is 20.2 Å². The Bertz CT molecular complexity index is 832. The number of hydrogen-bond acceptors (Lipinski definition) is 5. The smallest absolute Gasteiger partial charge is 0.361 e. The van der Waals surface area contributed by atoms with Gasteiger partial charge < -0.3 is 4.98 Å². The van der Waals surface area contributed by atoms with Gasteiger partial charge in [-0.25, -0.2) is 9.89 Å². The number of hydrogen-bond donors (Lipinski definition) is 3. The maximum absolute atomic E-state index is 11.1. The van der Waals surface area contributed by atoms with Crippen LogP contribution in [0.2, 0.25) is 0 Å². The summed E-state index contributed by atoms with van der Waals surface area (Å²) in [5, 5.41) is 11.2. The summed E-state index contributed by atoms with van der Waals surface area (Å²) < 4.78 is 0. The van der Waals surface area contributed by atoms with Crippen LogP contribution in [0.1, 0.15) is 11.3 Å². The molecule has 0 saturated heterocycles. The van der Waals surface area contributed by atoms with Crippen LogP contribution in [0.4, 0.5) is 5.82 Å². The second-order valence-electron chi connectivity index (χ2n) is 4.23. The van der Waals surface area contributed by atoms with Gasteiger partial charge in [-0.2, -0.15) is 15.2 Å². The molecule has 3 N–H and O–H groups in total. The summed E-state index contributed by atoms with van der Waals surface area (Å²) in [4.78, 5) is 18.0. The van der Waals surface area contributed by atoms with Gasteiger partial charge in [0, 0.05) is 22.7 Å². The second kappa shape index (κ2) is 4.96. The molecule has 7 heteroatoms. The zero-order valence-electron chi connectivity index (χ0n) is 10.7. The zero-order valence-corrected chi connectivity index (χ0v) is 10.7. The Balaban J connectivity index is 1.84. The Morgan fingerprint density at radius 2 is 2.20 bits per heavy atom. The third kappa shape index (κ3) is 2.28. The molecular formula is C13H12N6O. The van der Waals surface area contributed by atoms with Gasteiger partial charge in [-0.3, -0.25) is 5.43 Å². The lowest BCUT2D eigenvalue weighted by atomic mass is 10.2. The Hall–Kier alpha value is -2.96. The topological polar surface area (TPSA) is 98.8 Å². The summed E-state index contributed by atoms with van der Waals surface area (Å²) in [6.07, 6.45) is 3.54. The first-order valence-corrected chi connectivity index (χ1v) is 6.02. The highest BCUT2D eigenvalue weighted by atomic mass is 16.1. The first-order chi connectivity index (χ1) is 9.74. The summed E-state index contributed by atoms with van der Waals surface area (Å²) in [5.74, 6) is 0.338. The number of aromatic nitrogens is 4. The molecule has 0 atom stereocenters. The van der Waals surface area contributed by atoms with Crippen molar-refractivity contribution >= 4 is 22.9 Å². The van der Waals surface area contributed by atoms with Gasteiger partial charge in [0.05, 0.1) is 6.21 Å². The van der Waals surface area contributed by atoms with Crippen LogP contribution in [0.5, 0.6) is 0 Å². The summed E-state index contributed by atoms with van der Waals surface area (Å²) in [5.41, 5.74) is 4.77. The van der Waals surface area contributed by atoms with E-state index in [1.807, 2.05) is 30.5 Å². The molecule has 0 spiro atoms. The molecule has 0 bridgehead atoms. The van der Waals surface area contributed by atoms with Crippen molar-refractivity contribution in [3.05, 3.63) is 52.2 Å². The van der Waals surface area contributed by atoms with Crippen LogP contribution >= 0.6 is 0 Å². The van der Waals surface area contributed by atoms with Crippen molar-refractivity contribution in [2.24, 2.45) is 5.10 Å². The summed E-state index contributed by atoms with van der Waals surface area (Å²) in [6.45, 7) is 1.73. The molecule has 2 aromatic heterocycles. The molecule has 0 saturated carbocycles. The predicted octanol–water partition coefficient (Wildman–Crippen LogP) is 1.40. The molecule has 3 rings (SSSR count). The number of aromatic amines is 2. The zero-order chi connectivity index (χ0) is 13.9. The van der Waals surface area contributed by atoms with E-state index in [0.29, 0.717) is 11.5 Å². The molecule has 0 fully saturated rings. The number of H-pyrrole nitrogens is 2. The van der Waals surface area contributed by atoms with E-state index in [0.717, 1.165) is 16.5 Å². The number of benzene rings is 1. The fourth-order valence-corrected chi connectivity index (χ4v) is 1.86. The molecule has 20 heavy (non-hydrogen) atoms. The van der Waals surface area contributed by atoms with Crippen LogP contribution in [0.3, 0.4) is 0 Å². The van der Waals surface area contributed by atoms with Crippen molar-refractivity contribution in [1.29, 1.82) is 0 Å². The van der Waals surface area contributed by atoms with Gasteiger partial charge in [0.15, 0.2) is 5.82 Å². The molecule has 7 nitrogen and oxygen atoms in total. The number of anilines is 1. The molecule has 0 aliphatic heterocycles. The van der Waals surface area contributed by atoms with Crippen molar-refractivity contribution in [2.75, 3.05) is 5.43 Å². The maximum atomic E-state index is 11.1. The van der Waals surface area contributed by atoms with E-state index < -0.39 is 5.69 Å². The standard InChI is InChI=1S/C13H12N6O/c1-8-12(16-13(20)19-17-8)18-15-7-9-6-14-11-5-3-2-4-10(9)11/h2-7,14H,1H3,(H2,16,18,19,20)/b15-7+. The minimum absolute atomic E-state index is 0.338. The number of nitrogens with one attached hydrogen (secondary N) is 3. The van der Waals surface area contributed by atoms with Gasteiger partial charge in [0.2, 0.25) is 0 Å². The van der Waals surface area contributed by atoms with Crippen molar-refractivity contribution < 1.29 is 0 Å². The largest absolute Gasteiger partial charge is 0.363 e. The van der Waals surface area contributed by atoms with E-state index in [4.69, 9.17) is 0 Å². The van der Waals surface area contributed by atoms with E-state index in [-0.39, 0.29) is 0 Å². The van der Waals surface area contributed by atoms with E-state index >= 15 is 0 Å². The average Bonchev–Trinajstić information content (AvgIpc) is 2.86. The Morgan fingerprint density at radius 1 is 1.35 bits per heavy atom. The first kappa shape index (κ1) is 12.1. The van der Waals surface area contributed by atoms with Crippen molar-refractivity contribution in [3.63, 3.8) is 0 Å². The normalized spacial score (nSPS) is 11.2. The molecular weight excluding hydrogens is 256 g/mol. The summed E-state index contributed by atoms with van der Waals surface area (Å²) in [7, 11) is 0. The lowest BCUT2D eigenvalue weighted by molar-refractivity contribution is 0.879. The summed E-state index contributed by atoms with van der Waals surface area (Å²) >= 11 is 0. The molecule has 100 valence electrons. The van der Waals surface area contributed by atoms with Crippen LogP contribution < -0.4 is 11.1 Å². The quantitative estimate of drug-likeness (QED) is 0.494. The number of hydrazone groups is 1. The van der Waals surface area contributed by atoms with Crippen molar-refractivity contribution in [3.8, 4) is 0 Å². The number of para-hydroxylation sites is 1. The van der Waals surface area contributed by atoms with Crippen molar-refractivity contribution in [2.45, 2.75) is 6.92 Å². The van der Waals surface area contributed by atoms with Crippen LogP contribution in [0.25, 0.3) is 10.9 Å². The van der Waals surface area contributed by atoms with E-state index in [1.165, 1.54) is 0 Å². The molecule has 0 aliphatic carbocycles. The van der Waals surface area contributed by atoms with E-state index in [1.54, 1.807) is 13.1 Å². The molecule has 0 unspecified atom stereocenters. The first-order valence-electron chi connectivity index (χ1n) is 6.02. The minimum Gasteiger partial charge on any atom is -0.361 e. The van der Waals surface area contributed by atoms with Gasteiger partial charge in [0.1, 0.15) is 5.69 Å².